The zero-order chi connectivity index (χ0) is 23.0. The monoisotopic (exact) mass is 465 g/mol. The summed E-state index contributed by atoms with van der Waals surface area (Å²) in [4.78, 5) is 14.0. The summed E-state index contributed by atoms with van der Waals surface area (Å²) in [6.45, 7) is 3.73. The SMILES string of the molecule is Cc1ccc(C(CNS(=O)(=O)c2ccc(N3C(=O)CCS3(=O)=O)cc2C)N(C)C)cc1. The quantitative estimate of drug-likeness (QED) is 0.670. The number of nitrogens with zero attached hydrogens (tertiary/aromatic N) is 2. The van der Waals surface area contributed by atoms with Gasteiger partial charge in [-0.2, -0.15) is 0 Å². The number of likely N-dealkylation sites (N-methyl/N-ethyl adjacent to an activating group) is 1. The van der Waals surface area contributed by atoms with E-state index in [2.05, 4.69) is 4.72 Å². The summed E-state index contributed by atoms with van der Waals surface area (Å²) < 4.78 is 53.6. The van der Waals surface area contributed by atoms with E-state index in [1.807, 2.05) is 50.2 Å². The number of nitrogens with one attached hydrogen (secondary N) is 1. The van der Waals surface area contributed by atoms with Crippen molar-refractivity contribution < 1.29 is 21.6 Å². The molecular formula is C21H27N3O5S2. The average Bonchev–Trinajstić information content (AvgIpc) is 2.95. The van der Waals surface area contributed by atoms with Gasteiger partial charge in [0.25, 0.3) is 0 Å². The highest BCUT2D eigenvalue weighted by Crippen LogP contribution is 2.29. The number of anilines is 1. The molecule has 1 aliphatic rings. The van der Waals surface area contributed by atoms with Gasteiger partial charge in [0.15, 0.2) is 0 Å². The van der Waals surface area contributed by atoms with Gasteiger partial charge < -0.3 is 4.90 Å². The second-order valence-electron chi connectivity index (χ2n) is 7.92. The number of hydrogen-bond donors (Lipinski definition) is 1. The maximum Gasteiger partial charge on any atom is 0.242 e. The van der Waals surface area contributed by atoms with E-state index < -0.39 is 26.0 Å². The first kappa shape index (κ1) is 23.4. The fourth-order valence-corrected chi connectivity index (χ4v) is 6.30. The third-order valence-corrected chi connectivity index (χ3v) is 8.59. The van der Waals surface area contributed by atoms with Crippen molar-refractivity contribution in [3.63, 3.8) is 0 Å². The summed E-state index contributed by atoms with van der Waals surface area (Å²) in [5, 5.41) is 0. The van der Waals surface area contributed by atoms with Crippen molar-refractivity contribution in [3.8, 4) is 0 Å². The molecule has 1 amide bonds. The zero-order valence-corrected chi connectivity index (χ0v) is 19.6. The molecule has 10 heteroatoms. The molecule has 0 radical (unpaired) electrons. The van der Waals surface area contributed by atoms with Crippen molar-refractivity contribution in [2.75, 3.05) is 30.7 Å². The Morgan fingerprint density at radius 2 is 1.74 bits per heavy atom. The maximum absolute atomic E-state index is 13.0. The van der Waals surface area contributed by atoms with Gasteiger partial charge in [-0.05, 0) is 57.3 Å². The molecule has 1 atom stereocenters. The number of carbonyl (C=O) groups excluding carboxylic acids is 1. The molecule has 0 saturated carbocycles. The van der Waals surface area contributed by atoms with E-state index in [-0.39, 0.29) is 35.3 Å². The highest BCUT2D eigenvalue weighted by molar-refractivity contribution is 7.94. The van der Waals surface area contributed by atoms with Crippen LogP contribution in [-0.4, -0.2) is 54.0 Å². The van der Waals surface area contributed by atoms with Gasteiger partial charge in [0.05, 0.1) is 16.3 Å². The molecule has 2 aromatic carbocycles. The summed E-state index contributed by atoms with van der Waals surface area (Å²) in [6, 6.07) is 11.9. The lowest BCUT2D eigenvalue weighted by Crippen LogP contribution is -2.35. The zero-order valence-electron chi connectivity index (χ0n) is 18.0. The van der Waals surface area contributed by atoms with Crippen LogP contribution in [0.3, 0.4) is 0 Å². The van der Waals surface area contributed by atoms with Crippen molar-refractivity contribution in [3.05, 3.63) is 59.2 Å². The van der Waals surface area contributed by atoms with Crippen molar-refractivity contribution in [1.82, 2.24) is 9.62 Å². The number of benzene rings is 2. The van der Waals surface area contributed by atoms with Crippen molar-refractivity contribution >= 4 is 31.6 Å². The lowest BCUT2D eigenvalue weighted by molar-refractivity contribution is -0.116. The first-order valence-electron chi connectivity index (χ1n) is 9.81. The number of rotatable bonds is 7. The smallest absolute Gasteiger partial charge is 0.242 e. The van der Waals surface area contributed by atoms with Crippen LogP contribution in [0.2, 0.25) is 0 Å². The van der Waals surface area contributed by atoms with Crippen LogP contribution >= 0.6 is 0 Å². The Bertz CT molecular complexity index is 1190. The first-order chi connectivity index (χ1) is 14.4. The van der Waals surface area contributed by atoms with Gasteiger partial charge >= 0.3 is 0 Å². The molecule has 3 rings (SSSR count). The molecular weight excluding hydrogens is 438 g/mol. The van der Waals surface area contributed by atoms with Gasteiger partial charge in [-0.1, -0.05) is 29.8 Å². The fraction of sp³-hybridized carbons (Fsp3) is 0.381. The Morgan fingerprint density at radius 1 is 1.10 bits per heavy atom. The number of amides is 1. The van der Waals surface area contributed by atoms with Crippen LogP contribution in [0.15, 0.2) is 47.4 Å². The Labute approximate surface area is 184 Å². The molecule has 1 N–H and O–H groups in total. The average molecular weight is 466 g/mol. The maximum atomic E-state index is 13.0. The van der Waals surface area contributed by atoms with E-state index in [4.69, 9.17) is 0 Å². The molecule has 0 aliphatic carbocycles. The minimum Gasteiger partial charge on any atom is -0.301 e. The van der Waals surface area contributed by atoms with Gasteiger partial charge in [-0.3, -0.25) is 4.79 Å². The van der Waals surface area contributed by atoms with Gasteiger partial charge in [-0.15, -0.1) is 0 Å². The molecule has 1 saturated heterocycles. The van der Waals surface area contributed by atoms with Gasteiger partial charge in [0.1, 0.15) is 0 Å². The van der Waals surface area contributed by atoms with Crippen LogP contribution in [0.5, 0.6) is 0 Å². The summed E-state index contributed by atoms with van der Waals surface area (Å²) >= 11 is 0. The van der Waals surface area contributed by atoms with E-state index >= 15 is 0 Å². The number of hydrogen-bond acceptors (Lipinski definition) is 6. The standard InChI is InChI=1S/C21H27N3O5S2/c1-15-5-7-17(8-6-15)19(23(3)4)14-22-31(28,29)20-10-9-18(13-16(20)2)24-21(25)11-12-30(24,26)27/h5-10,13,19,22H,11-12,14H2,1-4H3. The van der Waals surface area contributed by atoms with E-state index in [9.17, 15) is 21.6 Å². The molecule has 2 aromatic rings. The summed E-state index contributed by atoms with van der Waals surface area (Å²) in [5.74, 6) is -0.753. The Kier molecular flexibility index (Phi) is 6.56. The van der Waals surface area contributed by atoms with E-state index in [1.54, 1.807) is 6.92 Å². The predicted molar refractivity (Wildman–Crippen MR) is 120 cm³/mol. The fourth-order valence-electron chi connectivity index (χ4n) is 3.58. The van der Waals surface area contributed by atoms with Gasteiger partial charge in [0.2, 0.25) is 26.0 Å². The second-order valence-corrected chi connectivity index (χ2v) is 11.6. The highest BCUT2D eigenvalue weighted by Gasteiger charge is 2.36. The van der Waals surface area contributed by atoms with Crippen LogP contribution < -0.4 is 9.03 Å². The molecule has 0 spiro atoms. The largest absolute Gasteiger partial charge is 0.301 e. The summed E-state index contributed by atoms with van der Waals surface area (Å²) in [7, 11) is -3.79. The molecule has 8 nitrogen and oxygen atoms in total. The summed E-state index contributed by atoms with van der Waals surface area (Å²) in [6.07, 6.45) is -0.0755. The topological polar surface area (TPSA) is 104 Å². The highest BCUT2D eigenvalue weighted by atomic mass is 32.2. The van der Waals surface area contributed by atoms with Crippen LogP contribution in [0.1, 0.15) is 29.2 Å². The predicted octanol–water partition coefficient (Wildman–Crippen LogP) is 1.95. The van der Waals surface area contributed by atoms with Crippen LogP contribution in [0.25, 0.3) is 0 Å². The normalized spacial score (nSPS) is 17.3. The van der Waals surface area contributed by atoms with E-state index in [0.717, 1.165) is 15.4 Å². The van der Waals surface area contributed by atoms with Crippen LogP contribution in [0, 0.1) is 13.8 Å². The van der Waals surface area contributed by atoms with Crippen LogP contribution in [-0.2, 0) is 24.8 Å². The minimum atomic E-state index is -3.85. The molecule has 168 valence electrons. The Balaban J connectivity index is 1.83. The van der Waals surface area contributed by atoms with E-state index in [0.29, 0.717) is 5.56 Å². The Morgan fingerprint density at radius 3 is 2.26 bits per heavy atom. The number of aryl methyl sites for hydroxylation is 2. The molecule has 1 unspecified atom stereocenters. The molecule has 1 heterocycles. The lowest BCUT2D eigenvalue weighted by atomic mass is 10.0. The lowest BCUT2D eigenvalue weighted by Gasteiger charge is -2.25. The molecule has 31 heavy (non-hydrogen) atoms. The first-order valence-corrected chi connectivity index (χ1v) is 12.9. The molecule has 1 fully saturated rings. The van der Waals surface area contributed by atoms with Crippen molar-refractivity contribution in [2.45, 2.75) is 31.2 Å². The summed E-state index contributed by atoms with van der Waals surface area (Å²) in [5.41, 5.74) is 2.63. The third-order valence-electron chi connectivity index (χ3n) is 5.31. The third kappa shape index (κ3) is 4.98. The van der Waals surface area contributed by atoms with Gasteiger partial charge in [-0.25, -0.2) is 25.9 Å². The molecule has 1 aliphatic heterocycles. The number of carbonyl (C=O) groups is 1. The van der Waals surface area contributed by atoms with E-state index in [1.165, 1.54) is 18.2 Å². The Hall–Kier alpha value is -2.27. The second kappa shape index (κ2) is 8.70. The minimum absolute atomic E-state index is 0.0432. The van der Waals surface area contributed by atoms with Crippen molar-refractivity contribution in [2.24, 2.45) is 0 Å². The molecule has 0 bridgehead atoms. The van der Waals surface area contributed by atoms with Gasteiger partial charge in [0, 0.05) is 19.0 Å². The van der Waals surface area contributed by atoms with Crippen LogP contribution in [0.4, 0.5) is 5.69 Å². The van der Waals surface area contributed by atoms with Crippen molar-refractivity contribution in [1.29, 1.82) is 0 Å². The molecule has 0 aromatic heterocycles. The number of sulfonamides is 2.